The molecule has 2 aliphatic rings. The number of nitrogens with zero attached hydrogens (tertiary/aromatic N) is 1. The maximum absolute atomic E-state index is 11.9. The number of hydrogen-bond donors (Lipinski definition) is 2. The fraction of sp³-hybridized carbons (Fsp3) is 0.417. The van der Waals surface area contributed by atoms with Crippen molar-refractivity contribution >= 4 is 29.9 Å². The number of fused-ring (bicyclic) bond motifs is 1. The van der Waals surface area contributed by atoms with Gasteiger partial charge in [-0.15, -0.1) is 0 Å². The van der Waals surface area contributed by atoms with Crippen LogP contribution in [0.2, 0.25) is 0 Å². The summed E-state index contributed by atoms with van der Waals surface area (Å²) in [6.07, 6.45) is 1.47. The second-order valence-electron chi connectivity index (χ2n) is 4.41. The predicted octanol–water partition coefficient (Wildman–Crippen LogP) is 0.340. The SMILES string of the molecule is C[C@H](O)[C@@H]1C(=O)N2C(C(=O)O)=C(S/C=C/C=O)C[C@H]12. The Hall–Kier alpha value is -1.60. The summed E-state index contributed by atoms with van der Waals surface area (Å²) in [7, 11) is 0. The average molecular weight is 283 g/mol. The minimum atomic E-state index is -1.16. The van der Waals surface area contributed by atoms with Crippen LogP contribution < -0.4 is 0 Å². The number of aldehydes is 1. The number of allylic oxidation sites excluding steroid dienone is 1. The standard InChI is InChI=1S/C12H13NO5S/c1-6(15)9-7-5-8(19-4-2-3-14)10(12(17)18)13(7)11(9)16/h2-4,6-7,9,15H,5H2,1H3,(H,17,18)/b4-2+/t6-,7+,9-/m0/s1. The minimum absolute atomic E-state index is 0.0348. The molecule has 3 atom stereocenters. The highest BCUT2D eigenvalue weighted by Crippen LogP contribution is 2.47. The van der Waals surface area contributed by atoms with Crippen LogP contribution in [0.4, 0.5) is 0 Å². The third-order valence-electron chi connectivity index (χ3n) is 3.26. The van der Waals surface area contributed by atoms with E-state index in [-0.39, 0.29) is 17.6 Å². The lowest BCUT2D eigenvalue weighted by Gasteiger charge is -2.44. The number of carboxylic acids is 1. The largest absolute Gasteiger partial charge is 0.477 e. The number of aliphatic hydroxyl groups is 1. The molecule has 2 N–H and O–H groups in total. The third kappa shape index (κ3) is 2.19. The zero-order valence-corrected chi connectivity index (χ0v) is 11.0. The lowest BCUT2D eigenvalue weighted by atomic mass is 9.83. The summed E-state index contributed by atoms with van der Waals surface area (Å²) in [5.41, 5.74) is -0.0348. The maximum atomic E-state index is 11.9. The van der Waals surface area contributed by atoms with Crippen molar-refractivity contribution in [1.82, 2.24) is 4.90 Å². The lowest BCUT2D eigenvalue weighted by Crippen LogP contribution is -2.61. The molecule has 0 radical (unpaired) electrons. The van der Waals surface area contributed by atoms with Crippen LogP contribution in [-0.4, -0.2) is 45.4 Å². The Bertz CT molecular complexity index is 496. The van der Waals surface area contributed by atoms with Crippen LogP contribution in [0.15, 0.2) is 22.1 Å². The number of β-lactam (4-membered cyclic amide) rings is 1. The van der Waals surface area contributed by atoms with E-state index in [2.05, 4.69) is 0 Å². The predicted molar refractivity (Wildman–Crippen MR) is 67.9 cm³/mol. The quantitative estimate of drug-likeness (QED) is 0.429. The number of aliphatic hydroxyl groups excluding tert-OH is 1. The molecule has 0 saturated carbocycles. The highest BCUT2D eigenvalue weighted by atomic mass is 32.2. The minimum Gasteiger partial charge on any atom is -0.477 e. The fourth-order valence-corrected chi connectivity index (χ4v) is 3.36. The van der Waals surface area contributed by atoms with Gasteiger partial charge in [0.05, 0.1) is 18.1 Å². The Kier molecular flexibility index (Phi) is 3.77. The van der Waals surface area contributed by atoms with Crippen molar-refractivity contribution in [2.45, 2.75) is 25.5 Å². The maximum Gasteiger partial charge on any atom is 0.353 e. The van der Waals surface area contributed by atoms with E-state index in [1.807, 2.05) is 0 Å². The van der Waals surface area contributed by atoms with Crippen LogP contribution in [0.1, 0.15) is 13.3 Å². The molecule has 2 heterocycles. The zero-order valence-electron chi connectivity index (χ0n) is 10.1. The molecule has 7 heteroatoms. The highest BCUT2D eigenvalue weighted by molar-refractivity contribution is 8.05. The van der Waals surface area contributed by atoms with Crippen molar-refractivity contribution in [3.8, 4) is 0 Å². The molecule has 2 aliphatic heterocycles. The topological polar surface area (TPSA) is 94.9 Å². The monoisotopic (exact) mass is 283 g/mol. The number of carbonyl (C=O) groups excluding carboxylic acids is 2. The Morgan fingerprint density at radius 3 is 2.79 bits per heavy atom. The molecule has 0 aromatic heterocycles. The van der Waals surface area contributed by atoms with Gasteiger partial charge < -0.3 is 15.1 Å². The summed E-state index contributed by atoms with van der Waals surface area (Å²) in [6.45, 7) is 1.53. The van der Waals surface area contributed by atoms with E-state index in [9.17, 15) is 24.6 Å². The Labute approximate surface area is 113 Å². The van der Waals surface area contributed by atoms with Crippen molar-refractivity contribution < 1.29 is 24.6 Å². The molecule has 1 amide bonds. The number of thioether (sulfide) groups is 1. The molecular weight excluding hydrogens is 270 g/mol. The van der Waals surface area contributed by atoms with Crippen LogP contribution in [0, 0.1) is 5.92 Å². The summed E-state index contributed by atoms with van der Waals surface area (Å²) in [5.74, 6) is -2.06. The van der Waals surface area contributed by atoms with Crippen molar-refractivity contribution in [1.29, 1.82) is 0 Å². The summed E-state index contributed by atoms with van der Waals surface area (Å²) in [4.78, 5) is 35.1. The Morgan fingerprint density at radius 1 is 1.58 bits per heavy atom. The molecule has 6 nitrogen and oxygen atoms in total. The first kappa shape index (κ1) is 13.8. The van der Waals surface area contributed by atoms with Crippen molar-refractivity contribution in [3.63, 3.8) is 0 Å². The van der Waals surface area contributed by atoms with Gasteiger partial charge in [0.2, 0.25) is 5.91 Å². The summed E-state index contributed by atoms with van der Waals surface area (Å²) >= 11 is 1.12. The summed E-state index contributed by atoms with van der Waals surface area (Å²) in [6, 6.07) is -0.286. The van der Waals surface area contributed by atoms with E-state index in [1.54, 1.807) is 0 Å². The summed E-state index contributed by atoms with van der Waals surface area (Å²) < 4.78 is 0. The molecule has 2 rings (SSSR count). The number of carboxylic acid groups (broad SMARTS) is 1. The Balaban J connectivity index is 2.24. The van der Waals surface area contributed by atoms with Gasteiger partial charge in [-0.05, 0) is 18.4 Å². The van der Waals surface area contributed by atoms with E-state index < -0.39 is 18.0 Å². The smallest absolute Gasteiger partial charge is 0.353 e. The third-order valence-corrected chi connectivity index (χ3v) is 4.20. The van der Waals surface area contributed by atoms with Crippen molar-refractivity contribution in [3.05, 3.63) is 22.1 Å². The van der Waals surface area contributed by atoms with Gasteiger partial charge in [0.1, 0.15) is 12.0 Å². The number of hydrogen-bond acceptors (Lipinski definition) is 5. The fourth-order valence-electron chi connectivity index (χ4n) is 2.49. The molecule has 19 heavy (non-hydrogen) atoms. The van der Waals surface area contributed by atoms with Crippen LogP contribution in [0.3, 0.4) is 0 Å². The number of carbonyl (C=O) groups is 3. The lowest BCUT2D eigenvalue weighted by molar-refractivity contribution is -0.161. The second-order valence-corrected chi connectivity index (χ2v) is 5.41. The van der Waals surface area contributed by atoms with Gasteiger partial charge in [0, 0.05) is 11.3 Å². The van der Waals surface area contributed by atoms with Gasteiger partial charge in [-0.1, -0.05) is 11.8 Å². The molecule has 0 aromatic carbocycles. The molecule has 0 bridgehead atoms. The molecule has 0 unspecified atom stereocenters. The highest BCUT2D eigenvalue weighted by Gasteiger charge is 2.56. The van der Waals surface area contributed by atoms with Gasteiger partial charge in [-0.3, -0.25) is 9.59 Å². The molecule has 102 valence electrons. The van der Waals surface area contributed by atoms with Crippen LogP contribution in [0.5, 0.6) is 0 Å². The first-order chi connectivity index (χ1) is 8.99. The second kappa shape index (κ2) is 5.18. The van der Waals surface area contributed by atoms with E-state index in [0.29, 0.717) is 17.6 Å². The van der Waals surface area contributed by atoms with E-state index in [4.69, 9.17) is 0 Å². The van der Waals surface area contributed by atoms with Crippen molar-refractivity contribution in [2.24, 2.45) is 5.92 Å². The number of rotatable bonds is 5. The Morgan fingerprint density at radius 2 is 2.26 bits per heavy atom. The van der Waals surface area contributed by atoms with E-state index >= 15 is 0 Å². The molecule has 0 spiro atoms. The molecule has 0 aromatic rings. The zero-order chi connectivity index (χ0) is 14.2. The van der Waals surface area contributed by atoms with Gasteiger partial charge in [0.25, 0.3) is 0 Å². The van der Waals surface area contributed by atoms with Crippen LogP contribution in [-0.2, 0) is 14.4 Å². The first-order valence-corrected chi connectivity index (χ1v) is 6.61. The van der Waals surface area contributed by atoms with Gasteiger partial charge >= 0.3 is 5.97 Å². The van der Waals surface area contributed by atoms with Gasteiger partial charge in [-0.2, -0.15) is 0 Å². The van der Waals surface area contributed by atoms with Crippen LogP contribution >= 0.6 is 11.8 Å². The summed E-state index contributed by atoms with van der Waals surface area (Å²) in [5, 5.41) is 20.2. The van der Waals surface area contributed by atoms with Gasteiger partial charge in [-0.25, -0.2) is 4.79 Å². The van der Waals surface area contributed by atoms with Crippen LogP contribution in [0.25, 0.3) is 0 Å². The van der Waals surface area contributed by atoms with Crippen molar-refractivity contribution in [2.75, 3.05) is 0 Å². The molecular formula is C12H13NO5S. The number of aliphatic carboxylic acids is 1. The van der Waals surface area contributed by atoms with Gasteiger partial charge in [0.15, 0.2) is 0 Å². The molecule has 0 aliphatic carbocycles. The van der Waals surface area contributed by atoms with E-state index in [1.165, 1.54) is 23.3 Å². The normalized spacial score (nSPS) is 27.5. The average Bonchev–Trinajstić information content (AvgIpc) is 2.64. The molecule has 1 saturated heterocycles. The first-order valence-electron chi connectivity index (χ1n) is 5.73. The number of amides is 1. The molecule has 1 fully saturated rings. The van der Waals surface area contributed by atoms with E-state index in [0.717, 1.165) is 11.8 Å².